The summed E-state index contributed by atoms with van der Waals surface area (Å²) in [5.74, 6) is 0.00895. The second-order valence-corrected chi connectivity index (χ2v) is 3.25. The van der Waals surface area contributed by atoms with Crippen LogP contribution in [-0.4, -0.2) is 21.7 Å². The van der Waals surface area contributed by atoms with E-state index in [-0.39, 0.29) is 11.9 Å². The number of rotatable bonds is 3. The lowest BCUT2D eigenvalue weighted by atomic mass is 10.2. The van der Waals surface area contributed by atoms with Gasteiger partial charge in [-0.05, 0) is 13.0 Å². The number of carbonyl (C=O) groups is 1. The molecule has 0 saturated carbocycles. The quantitative estimate of drug-likeness (QED) is 0.737. The van der Waals surface area contributed by atoms with Gasteiger partial charge in [0.2, 0.25) is 5.91 Å². The van der Waals surface area contributed by atoms with Gasteiger partial charge in [0.25, 0.3) is 0 Å². The van der Waals surface area contributed by atoms with E-state index >= 15 is 0 Å². The summed E-state index contributed by atoms with van der Waals surface area (Å²) in [7, 11) is 1.90. The summed E-state index contributed by atoms with van der Waals surface area (Å²) in [6, 6.07) is 2.12. The van der Waals surface area contributed by atoms with E-state index in [9.17, 15) is 4.79 Å². The second kappa shape index (κ2) is 4.07. The average Bonchev–Trinajstić information content (AvgIpc) is 2.34. The Hall–Kier alpha value is -1.32. The monoisotopic (exact) mass is 181 g/mol. The lowest BCUT2D eigenvalue weighted by molar-refractivity contribution is -0.119. The first-order valence-electron chi connectivity index (χ1n) is 4.33. The Balaban J connectivity index is 2.49. The SMILES string of the molecule is CC(=O)NC(C)Cc1ccnn1C. The number of carbonyl (C=O) groups excluding carboxylic acids is 1. The van der Waals surface area contributed by atoms with Crippen LogP contribution in [0.2, 0.25) is 0 Å². The minimum absolute atomic E-state index is 0.00895. The molecule has 1 amide bonds. The predicted molar refractivity (Wildman–Crippen MR) is 50.2 cm³/mol. The fourth-order valence-corrected chi connectivity index (χ4v) is 1.31. The molecule has 0 aliphatic rings. The number of aryl methyl sites for hydroxylation is 1. The Morgan fingerprint density at radius 1 is 1.77 bits per heavy atom. The smallest absolute Gasteiger partial charge is 0.217 e. The van der Waals surface area contributed by atoms with E-state index in [4.69, 9.17) is 0 Å². The van der Waals surface area contributed by atoms with Gasteiger partial charge in [-0.1, -0.05) is 0 Å². The Morgan fingerprint density at radius 2 is 2.46 bits per heavy atom. The Morgan fingerprint density at radius 3 is 2.92 bits per heavy atom. The highest BCUT2D eigenvalue weighted by molar-refractivity contribution is 5.73. The third-order valence-corrected chi connectivity index (χ3v) is 1.89. The van der Waals surface area contributed by atoms with Gasteiger partial charge in [-0.25, -0.2) is 0 Å². The highest BCUT2D eigenvalue weighted by Gasteiger charge is 2.06. The molecule has 1 heterocycles. The molecule has 0 aromatic carbocycles. The van der Waals surface area contributed by atoms with Gasteiger partial charge < -0.3 is 5.32 Å². The summed E-state index contributed by atoms with van der Waals surface area (Å²) < 4.78 is 1.82. The molecule has 13 heavy (non-hydrogen) atoms. The molecule has 0 aliphatic heterocycles. The first-order valence-corrected chi connectivity index (χ1v) is 4.33. The normalized spacial score (nSPS) is 12.5. The van der Waals surface area contributed by atoms with Crippen molar-refractivity contribution in [3.05, 3.63) is 18.0 Å². The zero-order chi connectivity index (χ0) is 9.84. The van der Waals surface area contributed by atoms with Crippen LogP contribution in [0.4, 0.5) is 0 Å². The summed E-state index contributed by atoms with van der Waals surface area (Å²) in [6.07, 6.45) is 2.58. The second-order valence-electron chi connectivity index (χ2n) is 3.25. The van der Waals surface area contributed by atoms with Gasteiger partial charge in [-0.3, -0.25) is 9.48 Å². The number of hydrogen-bond acceptors (Lipinski definition) is 2. The van der Waals surface area contributed by atoms with Crippen molar-refractivity contribution in [3.8, 4) is 0 Å². The average molecular weight is 181 g/mol. The van der Waals surface area contributed by atoms with E-state index < -0.39 is 0 Å². The summed E-state index contributed by atoms with van der Waals surface area (Å²) in [6.45, 7) is 3.51. The fraction of sp³-hybridized carbons (Fsp3) is 0.556. The Kier molecular flexibility index (Phi) is 3.06. The molecule has 0 aliphatic carbocycles. The van der Waals surface area contributed by atoms with Crippen molar-refractivity contribution in [1.82, 2.24) is 15.1 Å². The van der Waals surface area contributed by atoms with Crippen LogP contribution in [0.25, 0.3) is 0 Å². The first-order chi connectivity index (χ1) is 6.09. The van der Waals surface area contributed by atoms with Gasteiger partial charge in [-0.2, -0.15) is 5.10 Å². The number of nitrogens with zero attached hydrogens (tertiary/aromatic N) is 2. The van der Waals surface area contributed by atoms with Crippen LogP contribution >= 0.6 is 0 Å². The zero-order valence-electron chi connectivity index (χ0n) is 8.24. The van der Waals surface area contributed by atoms with Crippen molar-refractivity contribution in [3.63, 3.8) is 0 Å². The minimum atomic E-state index is 0.00895. The summed E-state index contributed by atoms with van der Waals surface area (Å²) >= 11 is 0. The van der Waals surface area contributed by atoms with Crippen LogP contribution in [0.1, 0.15) is 19.5 Å². The molecule has 0 spiro atoms. The van der Waals surface area contributed by atoms with Crippen molar-refractivity contribution >= 4 is 5.91 Å². The maximum absolute atomic E-state index is 10.7. The van der Waals surface area contributed by atoms with E-state index in [1.807, 2.05) is 24.7 Å². The maximum Gasteiger partial charge on any atom is 0.217 e. The molecule has 72 valence electrons. The van der Waals surface area contributed by atoms with Gasteiger partial charge in [-0.15, -0.1) is 0 Å². The van der Waals surface area contributed by atoms with Crippen LogP contribution in [0.15, 0.2) is 12.3 Å². The molecule has 0 saturated heterocycles. The number of aromatic nitrogens is 2. The Bertz CT molecular complexity index is 293. The van der Waals surface area contributed by atoms with Crippen LogP contribution in [0.3, 0.4) is 0 Å². The third kappa shape index (κ3) is 2.89. The molecule has 1 aromatic rings. The molecule has 1 aromatic heterocycles. The summed E-state index contributed by atoms with van der Waals surface area (Å²) in [5.41, 5.74) is 1.13. The molecule has 1 rings (SSSR count). The summed E-state index contributed by atoms with van der Waals surface area (Å²) in [5, 5.41) is 6.88. The van der Waals surface area contributed by atoms with Crippen molar-refractivity contribution in [2.75, 3.05) is 0 Å². The molecule has 4 heteroatoms. The minimum Gasteiger partial charge on any atom is -0.354 e. The van der Waals surface area contributed by atoms with Gasteiger partial charge in [0.1, 0.15) is 0 Å². The molecule has 0 fully saturated rings. The number of hydrogen-bond donors (Lipinski definition) is 1. The standard InChI is InChI=1S/C9H15N3O/c1-7(11-8(2)13)6-9-4-5-10-12(9)3/h4-5,7H,6H2,1-3H3,(H,11,13). The largest absolute Gasteiger partial charge is 0.354 e. The zero-order valence-corrected chi connectivity index (χ0v) is 8.24. The molecule has 4 nitrogen and oxygen atoms in total. The van der Waals surface area contributed by atoms with Crippen LogP contribution < -0.4 is 5.32 Å². The van der Waals surface area contributed by atoms with E-state index in [0.29, 0.717) is 0 Å². The van der Waals surface area contributed by atoms with Gasteiger partial charge in [0.05, 0.1) is 0 Å². The predicted octanol–water partition coefficient (Wildman–Crippen LogP) is 0.487. The van der Waals surface area contributed by atoms with Crippen LogP contribution in [0, 0.1) is 0 Å². The summed E-state index contributed by atoms with van der Waals surface area (Å²) in [4.78, 5) is 10.7. The highest BCUT2D eigenvalue weighted by Crippen LogP contribution is 2.00. The van der Waals surface area contributed by atoms with E-state index in [0.717, 1.165) is 12.1 Å². The van der Waals surface area contributed by atoms with E-state index in [2.05, 4.69) is 10.4 Å². The van der Waals surface area contributed by atoms with E-state index in [1.54, 1.807) is 6.20 Å². The molecular formula is C9H15N3O. The molecule has 0 bridgehead atoms. The molecule has 1 atom stereocenters. The molecule has 1 unspecified atom stereocenters. The first kappa shape index (κ1) is 9.77. The van der Waals surface area contributed by atoms with Gasteiger partial charge >= 0.3 is 0 Å². The maximum atomic E-state index is 10.7. The van der Waals surface area contributed by atoms with Crippen LogP contribution in [0.5, 0.6) is 0 Å². The van der Waals surface area contributed by atoms with Crippen molar-refractivity contribution in [1.29, 1.82) is 0 Å². The Labute approximate surface area is 77.9 Å². The lowest BCUT2D eigenvalue weighted by Crippen LogP contribution is -2.32. The number of nitrogens with one attached hydrogen (secondary N) is 1. The topological polar surface area (TPSA) is 46.9 Å². The fourth-order valence-electron chi connectivity index (χ4n) is 1.31. The molecular weight excluding hydrogens is 166 g/mol. The van der Waals surface area contributed by atoms with Crippen molar-refractivity contribution < 1.29 is 4.79 Å². The van der Waals surface area contributed by atoms with Crippen LogP contribution in [-0.2, 0) is 18.3 Å². The number of amides is 1. The third-order valence-electron chi connectivity index (χ3n) is 1.89. The van der Waals surface area contributed by atoms with Crippen molar-refractivity contribution in [2.45, 2.75) is 26.3 Å². The van der Waals surface area contributed by atoms with E-state index in [1.165, 1.54) is 6.92 Å². The molecule has 1 N–H and O–H groups in total. The highest BCUT2D eigenvalue weighted by atomic mass is 16.1. The van der Waals surface area contributed by atoms with Gasteiger partial charge in [0.15, 0.2) is 0 Å². The lowest BCUT2D eigenvalue weighted by Gasteiger charge is -2.11. The molecule has 0 radical (unpaired) electrons. The van der Waals surface area contributed by atoms with Crippen molar-refractivity contribution in [2.24, 2.45) is 7.05 Å². The van der Waals surface area contributed by atoms with Gasteiger partial charge in [0, 0.05) is 38.3 Å².